The van der Waals surface area contributed by atoms with E-state index in [1.54, 1.807) is 10.8 Å². The quantitative estimate of drug-likeness (QED) is 0.254. The zero-order chi connectivity index (χ0) is 3.41. The van der Waals surface area contributed by atoms with E-state index in [-0.39, 0.29) is 31.0 Å². The molecule has 0 N–H and O–H groups in total. The fraction of sp³-hybridized carbons (Fsp3) is 1.00. The Morgan fingerprint density at radius 1 is 2.00 bits per heavy atom. The molecule has 28 valence electrons. The summed E-state index contributed by atoms with van der Waals surface area (Å²) < 4.78 is 0. The van der Waals surface area contributed by atoms with Gasteiger partial charge < -0.3 is 1.43 Å². The van der Waals surface area contributed by atoms with Gasteiger partial charge >= 0.3 is 29.6 Å². The van der Waals surface area contributed by atoms with Crippen LogP contribution in [0.25, 0.3) is 0 Å². The Hall–Kier alpha value is 1.70. The van der Waals surface area contributed by atoms with E-state index < -0.39 is 0 Å². The van der Waals surface area contributed by atoms with Crippen LogP contribution in [0.15, 0.2) is 0 Å². The van der Waals surface area contributed by atoms with Crippen LogP contribution in [0.1, 0.15) is 8.35 Å². The van der Waals surface area contributed by atoms with E-state index in [1.807, 2.05) is 0 Å². The Labute approximate surface area is 65.7 Å². The minimum absolute atomic E-state index is 0. The molecule has 0 atom stereocenters. The maximum absolute atomic E-state index is 3.84. The van der Waals surface area contributed by atoms with Gasteiger partial charge in [0.1, 0.15) is 0 Å². The van der Waals surface area contributed by atoms with Crippen molar-refractivity contribution in [2.75, 3.05) is 5.75 Å². The Morgan fingerprint density at radius 3 is 2.20 bits per heavy atom. The van der Waals surface area contributed by atoms with Gasteiger partial charge in [-0.2, -0.15) is 0 Å². The van der Waals surface area contributed by atoms with Crippen LogP contribution in [-0.4, -0.2) is 5.75 Å². The van der Waals surface area contributed by atoms with Crippen LogP contribution in [0.3, 0.4) is 0 Å². The third kappa shape index (κ3) is 10.7. The average Bonchev–Trinajstić information content (AvgIpc) is 1.37. The summed E-state index contributed by atoms with van der Waals surface area (Å²) in [7, 11) is 1.55. The Kier molecular flexibility index (Phi) is 18.1. The maximum Gasteiger partial charge on any atom is 1.00 e. The van der Waals surface area contributed by atoms with Crippen LogP contribution >= 0.6 is 22.5 Å². The van der Waals surface area contributed by atoms with Gasteiger partial charge in [0.25, 0.3) is 0 Å². The third-order valence-electron chi connectivity index (χ3n) is 0.129. The first-order valence-electron chi connectivity index (χ1n) is 1.18. The van der Waals surface area contributed by atoms with E-state index in [9.17, 15) is 0 Å². The molecule has 0 aromatic rings. The summed E-state index contributed by atoms with van der Waals surface area (Å²) in [6.07, 6.45) is 0. The molecule has 5 heavy (non-hydrogen) atoms. The average molecular weight is 118 g/mol. The summed E-state index contributed by atoms with van der Waals surface area (Å²) >= 11 is 3.84. The van der Waals surface area contributed by atoms with Crippen LogP contribution in [-0.2, 0) is 0 Å². The van der Waals surface area contributed by atoms with Crippen LogP contribution in [0.5, 0.6) is 0 Å². The fourth-order valence-electron chi connectivity index (χ4n) is 0. The Morgan fingerprint density at radius 2 is 2.20 bits per heavy atom. The van der Waals surface area contributed by atoms with Gasteiger partial charge in [0.05, 0.1) is 0 Å². The van der Waals surface area contributed by atoms with Gasteiger partial charge in [-0.15, -0.1) is 11.7 Å². The van der Waals surface area contributed by atoms with Crippen molar-refractivity contribution in [3.63, 3.8) is 0 Å². The minimum Gasteiger partial charge on any atom is -1.00 e. The topological polar surface area (TPSA) is 0 Å². The monoisotopic (exact) mass is 118 g/mol. The number of hydrogen-bond donors (Lipinski definition) is 1. The largest absolute Gasteiger partial charge is 1.00 e. The summed E-state index contributed by atoms with van der Waals surface area (Å²) in [4.78, 5) is 0. The van der Waals surface area contributed by atoms with Crippen molar-refractivity contribution >= 4 is 22.5 Å². The molecule has 0 aliphatic rings. The molecule has 0 aliphatic carbocycles. The summed E-state index contributed by atoms with van der Waals surface area (Å²) in [5, 5.41) is 0. The first-order valence-corrected chi connectivity index (χ1v) is 3.22. The molecule has 0 aromatic heterocycles. The van der Waals surface area contributed by atoms with Gasteiger partial charge in [-0.05, 0) is 0 Å². The smallest absolute Gasteiger partial charge is 1.00 e. The third-order valence-corrected chi connectivity index (χ3v) is 1.16. The van der Waals surface area contributed by atoms with Crippen molar-refractivity contribution in [1.29, 1.82) is 0 Å². The molecule has 0 saturated heterocycles. The second-order valence-electron chi connectivity index (χ2n) is 0.418. The Balaban J connectivity index is -0.0000000450. The van der Waals surface area contributed by atoms with Crippen LogP contribution < -0.4 is 29.6 Å². The predicted octanol–water partition coefficient (Wildman–Crippen LogP) is -1.30. The number of hydrogen-bond acceptors (Lipinski definition) is 2. The molecule has 0 heterocycles. The molecule has 0 fully saturated rings. The first kappa shape index (κ1) is 9.85. The molecule has 0 unspecified atom stereocenters. The van der Waals surface area contributed by atoms with E-state index in [4.69, 9.17) is 0 Å². The molecule has 0 radical (unpaired) electrons. The number of thiol groups is 1. The van der Waals surface area contributed by atoms with E-state index in [2.05, 4.69) is 18.6 Å². The standard InChI is InChI=1S/C2H6S2.Na.H/c1-2-4-3;;/h3H,2H2,1H3;;/q;+1;-1. The minimum atomic E-state index is 0. The zero-order valence-electron chi connectivity index (χ0n) is 4.56. The summed E-state index contributed by atoms with van der Waals surface area (Å²) in [6.45, 7) is 2.07. The summed E-state index contributed by atoms with van der Waals surface area (Å²) in [5.41, 5.74) is 0. The van der Waals surface area contributed by atoms with Crippen LogP contribution in [0.2, 0.25) is 0 Å². The molecule has 0 saturated carbocycles. The van der Waals surface area contributed by atoms with Crippen molar-refractivity contribution in [3.05, 3.63) is 0 Å². The zero-order valence-corrected chi connectivity index (χ0v) is 7.27. The van der Waals surface area contributed by atoms with Gasteiger partial charge in [0.2, 0.25) is 0 Å². The molecular formula is C2H7NaS2. The van der Waals surface area contributed by atoms with Crippen LogP contribution in [0, 0.1) is 0 Å². The van der Waals surface area contributed by atoms with E-state index >= 15 is 0 Å². The molecule has 0 bridgehead atoms. The summed E-state index contributed by atoms with van der Waals surface area (Å²) in [5.74, 6) is 1.10. The van der Waals surface area contributed by atoms with Gasteiger partial charge in [0.15, 0.2) is 0 Å². The molecule has 0 aliphatic heterocycles. The van der Waals surface area contributed by atoms with E-state index in [0.29, 0.717) is 0 Å². The SMILES string of the molecule is CCSS.[H-].[Na+]. The second kappa shape index (κ2) is 9.20. The molecular weight excluding hydrogens is 111 g/mol. The second-order valence-corrected chi connectivity index (χ2v) is 2.03. The summed E-state index contributed by atoms with van der Waals surface area (Å²) in [6, 6.07) is 0. The van der Waals surface area contributed by atoms with Gasteiger partial charge in [0, 0.05) is 5.75 Å². The van der Waals surface area contributed by atoms with Crippen molar-refractivity contribution in [1.82, 2.24) is 0 Å². The Bertz CT molecular complexity index is 13.5. The normalized spacial score (nSPS) is 6.00. The van der Waals surface area contributed by atoms with E-state index in [1.165, 1.54) is 0 Å². The van der Waals surface area contributed by atoms with Gasteiger partial charge in [-0.1, -0.05) is 17.7 Å². The van der Waals surface area contributed by atoms with Crippen molar-refractivity contribution in [2.24, 2.45) is 0 Å². The van der Waals surface area contributed by atoms with E-state index in [0.717, 1.165) is 5.75 Å². The van der Waals surface area contributed by atoms with Gasteiger partial charge in [-0.3, -0.25) is 0 Å². The molecule has 0 aromatic carbocycles. The van der Waals surface area contributed by atoms with Crippen LogP contribution in [0.4, 0.5) is 0 Å². The molecule has 0 rings (SSSR count). The van der Waals surface area contributed by atoms with Crippen molar-refractivity contribution < 1.29 is 31.0 Å². The predicted molar refractivity (Wildman–Crippen MR) is 28.2 cm³/mol. The van der Waals surface area contributed by atoms with Gasteiger partial charge in [-0.25, -0.2) is 0 Å². The fourth-order valence-corrected chi connectivity index (χ4v) is 0. The maximum atomic E-state index is 3.84. The molecule has 0 spiro atoms. The number of rotatable bonds is 1. The molecule has 0 amide bonds. The molecule has 3 heteroatoms. The van der Waals surface area contributed by atoms with Crippen molar-refractivity contribution in [2.45, 2.75) is 6.92 Å². The first-order chi connectivity index (χ1) is 1.91. The van der Waals surface area contributed by atoms with Crippen molar-refractivity contribution in [3.8, 4) is 0 Å². The molecule has 0 nitrogen and oxygen atoms in total.